The molecule has 5 nitrogen and oxygen atoms in total. The lowest BCUT2D eigenvalue weighted by Gasteiger charge is -2.47. The van der Waals surface area contributed by atoms with E-state index in [1.807, 2.05) is 30.3 Å². The Morgan fingerprint density at radius 2 is 1.50 bits per heavy atom. The van der Waals surface area contributed by atoms with E-state index in [2.05, 4.69) is 23.7 Å². The molecule has 1 fully saturated rings. The Bertz CT molecular complexity index is 828. The van der Waals surface area contributed by atoms with Crippen molar-refractivity contribution in [3.8, 4) is 23.7 Å². The number of carbonyl (C=O) groups excluding carboxylic acids is 1. The van der Waals surface area contributed by atoms with Crippen molar-refractivity contribution < 1.29 is 23.7 Å². The smallest absolute Gasteiger partial charge is 0.338 e. The van der Waals surface area contributed by atoms with Gasteiger partial charge in [-0.15, -0.1) is 0 Å². The number of methoxy groups -OCH3 is 2. The highest BCUT2D eigenvalue weighted by atomic mass is 16.8. The summed E-state index contributed by atoms with van der Waals surface area (Å²) in [6.07, 6.45) is 8.69. The van der Waals surface area contributed by atoms with E-state index in [4.69, 9.17) is 18.9 Å². The van der Waals surface area contributed by atoms with E-state index in [1.54, 1.807) is 13.8 Å². The average molecular weight is 441 g/mol. The van der Waals surface area contributed by atoms with E-state index in [9.17, 15) is 4.79 Å². The fourth-order valence-corrected chi connectivity index (χ4v) is 3.57. The van der Waals surface area contributed by atoms with Gasteiger partial charge in [-0.1, -0.05) is 68.6 Å². The molecule has 0 aliphatic carbocycles. The predicted molar refractivity (Wildman–Crippen MR) is 124 cm³/mol. The van der Waals surface area contributed by atoms with Gasteiger partial charge in [-0.05, 0) is 43.7 Å². The monoisotopic (exact) mass is 440 g/mol. The van der Waals surface area contributed by atoms with Crippen molar-refractivity contribution in [2.45, 2.75) is 89.3 Å². The molecule has 5 heteroatoms. The number of hydrogen-bond acceptors (Lipinski definition) is 5. The van der Waals surface area contributed by atoms with Gasteiger partial charge in [0.15, 0.2) is 6.10 Å². The maximum atomic E-state index is 12.3. The van der Waals surface area contributed by atoms with Crippen LogP contribution in [0.2, 0.25) is 0 Å². The first-order valence-corrected chi connectivity index (χ1v) is 11.5. The minimum atomic E-state index is -1.26. The van der Waals surface area contributed by atoms with Crippen molar-refractivity contribution in [1.29, 1.82) is 0 Å². The summed E-state index contributed by atoms with van der Waals surface area (Å²) in [5, 5.41) is 0. The summed E-state index contributed by atoms with van der Waals surface area (Å²) in [6, 6.07) is 9.89. The molecule has 0 amide bonds. The second-order valence-electron chi connectivity index (χ2n) is 8.26. The van der Waals surface area contributed by atoms with Crippen molar-refractivity contribution in [2.24, 2.45) is 0 Å². The second-order valence-corrected chi connectivity index (χ2v) is 8.26. The number of esters is 1. The predicted octanol–water partition coefficient (Wildman–Crippen LogP) is 5.22. The zero-order valence-electron chi connectivity index (χ0n) is 19.9. The van der Waals surface area contributed by atoms with E-state index in [1.165, 1.54) is 33.5 Å². The van der Waals surface area contributed by atoms with E-state index in [-0.39, 0.29) is 0 Å². The molecule has 1 aromatic carbocycles. The summed E-state index contributed by atoms with van der Waals surface area (Å²) in [5.74, 6) is 9.23. The molecular formula is C27H36O5. The van der Waals surface area contributed by atoms with Gasteiger partial charge in [-0.3, -0.25) is 0 Å². The summed E-state index contributed by atoms with van der Waals surface area (Å²) >= 11 is 0. The van der Waals surface area contributed by atoms with Gasteiger partial charge in [-0.2, -0.15) is 0 Å². The molecule has 1 aliphatic rings. The van der Waals surface area contributed by atoms with Crippen molar-refractivity contribution in [2.75, 3.05) is 14.2 Å². The lowest BCUT2D eigenvalue weighted by molar-refractivity contribution is -0.406. The Kier molecular flexibility index (Phi) is 10.8. The van der Waals surface area contributed by atoms with Crippen LogP contribution in [0.3, 0.4) is 0 Å². The first kappa shape index (κ1) is 25.9. The van der Waals surface area contributed by atoms with E-state index in [0.29, 0.717) is 6.42 Å². The standard InChI is InChI=1S/C27H36O5/c1-26(29-3)27(2,30-4)32-25(28)24(31-26)22-18-13-11-9-7-5-6-8-10-12-15-19-23-20-16-14-17-21-23/h14,16-17,20-21,24H,5-9,11,13,18,22H2,1-4H3/t24-,26+,27+/m1/s1. The lowest BCUT2D eigenvalue weighted by Crippen LogP contribution is -2.64. The SMILES string of the molecule is CO[C@@]1(C)OC(=O)[C@@H](CCCCCCCCCC#CC#Cc2ccccc2)O[C@]1(C)OC. The van der Waals surface area contributed by atoms with E-state index in [0.717, 1.165) is 37.7 Å². The zero-order chi connectivity index (χ0) is 23.3. The van der Waals surface area contributed by atoms with Crippen LogP contribution in [0.4, 0.5) is 0 Å². The molecule has 1 aromatic rings. The first-order valence-electron chi connectivity index (χ1n) is 11.5. The highest BCUT2D eigenvalue weighted by molar-refractivity contribution is 5.76. The van der Waals surface area contributed by atoms with Crippen molar-refractivity contribution in [3.63, 3.8) is 0 Å². The zero-order valence-corrected chi connectivity index (χ0v) is 19.9. The maximum absolute atomic E-state index is 12.3. The van der Waals surface area contributed by atoms with Gasteiger partial charge in [0, 0.05) is 33.1 Å². The number of rotatable bonds is 11. The minimum Gasteiger partial charge on any atom is -0.425 e. The first-order chi connectivity index (χ1) is 15.4. The van der Waals surface area contributed by atoms with Crippen molar-refractivity contribution >= 4 is 5.97 Å². The summed E-state index contributed by atoms with van der Waals surface area (Å²) in [7, 11) is 3.00. The molecule has 1 aliphatic heterocycles. The van der Waals surface area contributed by atoms with E-state index >= 15 is 0 Å². The van der Waals surface area contributed by atoms with Gasteiger partial charge in [0.25, 0.3) is 5.79 Å². The minimum absolute atomic E-state index is 0.390. The van der Waals surface area contributed by atoms with E-state index < -0.39 is 23.6 Å². The molecule has 0 radical (unpaired) electrons. The Labute approximate surface area is 193 Å². The van der Waals surface area contributed by atoms with Crippen LogP contribution in [-0.2, 0) is 23.7 Å². The molecule has 0 unspecified atom stereocenters. The van der Waals surface area contributed by atoms with Crippen molar-refractivity contribution in [3.05, 3.63) is 35.9 Å². The molecule has 0 bridgehead atoms. The van der Waals surface area contributed by atoms with Crippen LogP contribution in [0, 0.1) is 23.7 Å². The van der Waals surface area contributed by atoms with Crippen LogP contribution in [0.25, 0.3) is 0 Å². The molecule has 1 heterocycles. The molecular weight excluding hydrogens is 404 g/mol. The average Bonchev–Trinajstić information content (AvgIpc) is 2.80. The highest BCUT2D eigenvalue weighted by Crippen LogP contribution is 2.38. The summed E-state index contributed by atoms with van der Waals surface area (Å²) in [6.45, 7) is 3.38. The molecule has 32 heavy (non-hydrogen) atoms. The van der Waals surface area contributed by atoms with Crippen LogP contribution in [0.1, 0.15) is 77.2 Å². The summed E-state index contributed by atoms with van der Waals surface area (Å²) < 4.78 is 22.2. The number of carbonyl (C=O) groups is 1. The Balaban J connectivity index is 1.53. The quantitative estimate of drug-likeness (QED) is 0.268. The van der Waals surface area contributed by atoms with Gasteiger partial charge in [-0.25, -0.2) is 4.79 Å². The van der Waals surface area contributed by atoms with Crippen LogP contribution >= 0.6 is 0 Å². The van der Waals surface area contributed by atoms with Gasteiger partial charge in [0.05, 0.1) is 0 Å². The molecule has 1 saturated heterocycles. The van der Waals surface area contributed by atoms with Gasteiger partial charge < -0.3 is 18.9 Å². The van der Waals surface area contributed by atoms with Crippen LogP contribution in [-0.4, -0.2) is 37.9 Å². The number of benzene rings is 1. The normalized spacial score (nSPS) is 24.6. The highest BCUT2D eigenvalue weighted by Gasteiger charge is 2.57. The molecule has 0 spiro atoms. The Hall–Kier alpha value is -2.31. The summed E-state index contributed by atoms with van der Waals surface area (Å²) in [5.41, 5.74) is 0.995. The Morgan fingerprint density at radius 3 is 2.16 bits per heavy atom. The molecule has 0 aromatic heterocycles. The topological polar surface area (TPSA) is 54.0 Å². The fraction of sp³-hybridized carbons (Fsp3) is 0.593. The van der Waals surface area contributed by atoms with Crippen LogP contribution < -0.4 is 0 Å². The summed E-state index contributed by atoms with van der Waals surface area (Å²) in [4.78, 5) is 12.3. The second kappa shape index (κ2) is 13.3. The molecule has 0 N–H and O–H groups in total. The number of cyclic esters (lactones) is 1. The molecule has 2 rings (SSSR count). The third kappa shape index (κ3) is 7.68. The fourth-order valence-electron chi connectivity index (χ4n) is 3.57. The Morgan fingerprint density at radius 1 is 0.875 bits per heavy atom. The molecule has 3 atom stereocenters. The van der Waals surface area contributed by atoms with Crippen LogP contribution in [0.15, 0.2) is 30.3 Å². The van der Waals surface area contributed by atoms with Crippen LogP contribution in [0.5, 0.6) is 0 Å². The number of unbranched alkanes of at least 4 members (excludes halogenated alkanes) is 7. The molecule has 174 valence electrons. The van der Waals surface area contributed by atoms with Gasteiger partial charge in [0.2, 0.25) is 5.79 Å². The largest absolute Gasteiger partial charge is 0.425 e. The third-order valence-corrected chi connectivity index (χ3v) is 5.93. The third-order valence-electron chi connectivity index (χ3n) is 5.93. The maximum Gasteiger partial charge on any atom is 0.338 e. The molecule has 0 saturated carbocycles. The van der Waals surface area contributed by atoms with Crippen molar-refractivity contribution in [1.82, 2.24) is 0 Å². The van der Waals surface area contributed by atoms with Gasteiger partial charge >= 0.3 is 5.97 Å². The van der Waals surface area contributed by atoms with Gasteiger partial charge in [0.1, 0.15) is 0 Å². The number of ether oxygens (including phenoxy) is 4. The number of hydrogen-bond donors (Lipinski definition) is 0. The lowest BCUT2D eigenvalue weighted by atomic mass is 10.0.